The maximum atomic E-state index is 10.9. The fourth-order valence-corrected chi connectivity index (χ4v) is 1.08. The molecule has 1 aromatic rings. The zero-order chi connectivity index (χ0) is 11.3. The van der Waals surface area contributed by atoms with Crippen molar-refractivity contribution in [3.8, 4) is 0 Å². The van der Waals surface area contributed by atoms with Crippen LogP contribution in [0.2, 0.25) is 0 Å². The number of hydrogen-bond acceptors (Lipinski definition) is 5. The van der Waals surface area contributed by atoms with E-state index in [0.717, 1.165) is 5.69 Å². The van der Waals surface area contributed by atoms with Crippen LogP contribution >= 0.6 is 0 Å². The Morgan fingerprint density at radius 1 is 1.60 bits per heavy atom. The molecule has 5 nitrogen and oxygen atoms in total. The number of methoxy groups -OCH3 is 1. The first-order chi connectivity index (χ1) is 7.13. The molecule has 5 heteroatoms. The van der Waals surface area contributed by atoms with E-state index in [2.05, 4.69) is 14.7 Å². The van der Waals surface area contributed by atoms with Crippen molar-refractivity contribution in [2.75, 3.05) is 25.6 Å². The molecule has 0 aliphatic heterocycles. The standard InChI is InChI=1S/C10H15N3O2/c1-8-4-6-11-10(12-8)13(2)7-5-9(14)15-3/h4,6H,5,7H2,1-3H3. The molecule has 0 unspecified atom stereocenters. The second-order valence-electron chi connectivity index (χ2n) is 3.25. The van der Waals surface area contributed by atoms with Gasteiger partial charge in [0.25, 0.3) is 0 Å². The fraction of sp³-hybridized carbons (Fsp3) is 0.500. The van der Waals surface area contributed by atoms with Gasteiger partial charge in [-0.05, 0) is 13.0 Å². The summed E-state index contributed by atoms with van der Waals surface area (Å²) in [6.07, 6.45) is 2.04. The van der Waals surface area contributed by atoms with E-state index in [-0.39, 0.29) is 5.97 Å². The Labute approximate surface area is 89.1 Å². The number of esters is 1. The second-order valence-corrected chi connectivity index (χ2v) is 3.25. The first-order valence-corrected chi connectivity index (χ1v) is 4.71. The van der Waals surface area contributed by atoms with Crippen molar-refractivity contribution in [2.45, 2.75) is 13.3 Å². The quantitative estimate of drug-likeness (QED) is 0.686. The van der Waals surface area contributed by atoms with Crippen LogP contribution in [0.4, 0.5) is 5.95 Å². The van der Waals surface area contributed by atoms with Crippen molar-refractivity contribution < 1.29 is 9.53 Å². The summed E-state index contributed by atoms with van der Waals surface area (Å²) >= 11 is 0. The molecule has 0 atom stereocenters. The molecule has 0 aliphatic rings. The highest BCUT2D eigenvalue weighted by Gasteiger charge is 2.07. The van der Waals surface area contributed by atoms with E-state index in [4.69, 9.17) is 0 Å². The van der Waals surface area contributed by atoms with Gasteiger partial charge in [-0.3, -0.25) is 4.79 Å². The summed E-state index contributed by atoms with van der Waals surface area (Å²) in [6, 6.07) is 1.83. The van der Waals surface area contributed by atoms with Crippen molar-refractivity contribution >= 4 is 11.9 Å². The van der Waals surface area contributed by atoms with Crippen molar-refractivity contribution in [3.63, 3.8) is 0 Å². The average molecular weight is 209 g/mol. The molecular weight excluding hydrogens is 194 g/mol. The molecule has 1 heterocycles. The minimum atomic E-state index is -0.227. The maximum absolute atomic E-state index is 10.9. The smallest absolute Gasteiger partial charge is 0.307 e. The zero-order valence-electron chi connectivity index (χ0n) is 9.23. The molecule has 1 aromatic heterocycles. The van der Waals surface area contributed by atoms with Gasteiger partial charge >= 0.3 is 5.97 Å². The number of aryl methyl sites for hydroxylation is 1. The third-order valence-electron chi connectivity index (χ3n) is 2.00. The molecule has 82 valence electrons. The van der Waals surface area contributed by atoms with Gasteiger partial charge in [-0.1, -0.05) is 0 Å². The summed E-state index contributed by atoms with van der Waals surface area (Å²) in [4.78, 5) is 21.1. The van der Waals surface area contributed by atoms with Crippen molar-refractivity contribution in [2.24, 2.45) is 0 Å². The first-order valence-electron chi connectivity index (χ1n) is 4.71. The monoisotopic (exact) mass is 209 g/mol. The van der Waals surface area contributed by atoms with Gasteiger partial charge in [0, 0.05) is 25.5 Å². The molecule has 0 N–H and O–H groups in total. The predicted octanol–water partition coefficient (Wildman–Crippen LogP) is 0.784. The van der Waals surface area contributed by atoms with E-state index in [1.54, 1.807) is 6.20 Å². The molecule has 0 spiro atoms. The van der Waals surface area contributed by atoms with Gasteiger partial charge in [0.2, 0.25) is 5.95 Å². The number of hydrogen-bond donors (Lipinski definition) is 0. The molecule has 0 aliphatic carbocycles. The van der Waals surface area contributed by atoms with Gasteiger partial charge in [-0.25, -0.2) is 9.97 Å². The normalized spacial score (nSPS) is 9.80. The summed E-state index contributed by atoms with van der Waals surface area (Å²) in [5, 5.41) is 0. The van der Waals surface area contributed by atoms with E-state index in [1.165, 1.54) is 7.11 Å². The summed E-state index contributed by atoms with van der Waals surface area (Å²) in [6.45, 7) is 2.45. The Morgan fingerprint density at radius 2 is 2.33 bits per heavy atom. The lowest BCUT2D eigenvalue weighted by atomic mass is 10.4. The molecule has 0 bridgehead atoms. The van der Waals surface area contributed by atoms with Gasteiger partial charge in [0.05, 0.1) is 13.5 Å². The van der Waals surface area contributed by atoms with Gasteiger partial charge in [0.15, 0.2) is 0 Å². The van der Waals surface area contributed by atoms with Crippen LogP contribution in [0.3, 0.4) is 0 Å². The number of carbonyl (C=O) groups is 1. The van der Waals surface area contributed by atoms with Gasteiger partial charge in [-0.15, -0.1) is 0 Å². The van der Waals surface area contributed by atoms with E-state index >= 15 is 0 Å². The lowest BCUT2D eigenvalue weighted by molar-refractivity contribution is -0.140. The van der Waals surface area contributed by atoms with Crippen LogP contribution < -0.4 is 4.90 Å². The summed E-state index contributed by atoms with van der Waals surface area (Å²) in [7, 11) is 3.23. The van der Waals surface area contributed by atoms with Crippen LogP contribution in [-0.4, -0.2) is 36.6 Å². The van der Waals surface area contributed by atoms with Crippen molar-refractivity contribution in [3.05, 3.63) is 18.0 Å². The van der Waals surface area contributed by atoms with E-state index in [9.17, 15) is 4.79 Å². The number of aromatic nitrogens is 2. The molecule has 0 saturated carbocycles. The molecular formula is C10H15N3O2. The summed E-state index contributed by atoms with van der Waals surface area (Å²) < 4.78 is 4.55. The molecule has 0 aromatic carbocycles. The number of anilines is 1. The van der Waals surface area contributed by atoms with Crippen LogP contribution in [-0.2, 0) is 9.53 Å². The zero-order valence-corrected chi connectivity index (χ0v) is 9.23. The summed E-state index contributed by atoms with van der Waals surface area (Å²) in [5.74, 6) is 0.397. The SMILES string of the molecule is COC(=O)CCN(C)c1nccc(C)n1. The molecule has 0 saturated heterocycles. The van der Waals surface area contributed by atoms with Gasteiger partial charge in [-0.2, -0.15) is 0 Å². The van der Waals surface area contributed by atoms with Crippen LogP contribution in [0.1, 0.15) is 12.1 Å². The van der Waals surface area contributed by atoms with E-state index in [1.807, 2.05) is 24.9 Å². The number of nitrogens with zero attached hydrogens (tertiary/aromatic N) is 3. The third kappa shape index (κ3) is 3.53. The van der Waals surface area contributed by atoms with E-state index in [0.29, 0.717) is 18.9 Å². The van der Waals surface area contributed by atoms with Crippen molar-refractivity contribution in [1.29, 1.82) is 0 Å². The fourth-order valence-electron chi connectivity index (χ4n) is 1.08. The highest BCUT2D eigenvalue weighted by atomic mass is 16.5. The van der Waals surface area contributed by atoms with Crippen LogP contribution in [0.15, 0.2) is 12.3 Å². The van der Waals surface area contributed by atoms with Gasteiger partial charge in [0.1, 0.15) is 0 Å². The first kappa shape index (κ1) is 11.4. The maximum Gasteiger partial charge on any atom is 0.307 e. The van der Waals surface area contributed by atoms with E-state index < -0.39 is 0 Å². The van der Waals surface area contributed by atoms with Crippen LogP contribution in [0.25, 0.3) is 0 Å². The molecule has 0 radical (unpaired) electrons. The van der Waals surface area contributed by atoms with Crippen LogP contribution in [0, 0.1) is 6.92 Å². The third-order valence-corrected chi connectivity index (χ3v) is 2.00. The van der Waals surface area contributed by atoms with Crippen molar-refractivity contribution in [1.82, 2.24) is 9.97 Å². The minimum Gasteiger partial charge on any atom is -0.469 e. The molecule has 0 fully saturated rings. The Hall–Kier alpha value is -1.65. The highest BCUT2D eigenvalue weighted by Crippen LogP contribution is 2.05. The topological polar surface area (TPSA) is 55.3 Å². The van der Waals surface area contributed by atoms with Crippen LogP contribution in [0.5, 0.6) is 0 Å². The minimum absolute atomic E-state index is 0.227. The number of carbonyl (C=O) groups excluding carboxylic acids is 1. The predicted molar refractivity (Wildman–Crippen MR) is 56.7 cm³/mol. The lowest BCUT2D eigenvalue weighted by Gasteiger charge is -2.15. The number of rotatable bonds is 4. The number of ether oxygens (including phenoxy) is 1. The molecule has 15 heavy (non-hydrogen) atoms. The van der Waals surface area contributed by atoms with Gasteiger partial charge < -0.3 is 9.64 Å². The lowest BCUT2D eigenvalue weighted by Crippen LogP contribution is -2.23. The average Bonchev–Trinajstić information content (AvgIpc) is 2.25. The highest BCUT2D eigenvalue weighted by molar-refractivity contribution is 5.69. The molecule has 0 amide bonds. The Kier molecular flexibility index (Phi) is 4.03. The Morgan fingerprint density at radius 3 is 2.93 bits per heavy atom. The Bertz CT molecular complexity index is 341. The second kappa shape index (κ2) is 5.29. The summed E-state index contributed by atoms with van der Waals surface area (Å²) in [5.41, 5.74) is 0.907. The Balaban J connectivity index is 2.53. The largest absolute Gasteiger partial charge is 0.469 e. The molecule has 1 rings (SSSR count).